The molecule has 1 aromatic rings. The Hall–Kier alpha value is -0.620. The predicted octanol–water partition coefficient (Wildman–Crippen LogP) is 1.88. The number of nitrogens with one attached hydrogen (secondary N) is 1. The number of anilines is 2. The molecule has 1 fully saturated rings. The molecule has 1 aliphatic heterocycles. The second kappa shape index (κ2) is 6.35. The highest BCUT2D eigenvalue weighted by Crippen LogP contribution is 2.25. The molecule has 6 heteroatoms. The van der Waals surface area contributed by atoms with Gasteiger partial charge in [-0.3, -0.25) is 0 Å². The van der Waals surface area contributed by atoms with Gasteiger partial charge in [0.15, 0.2) is 0 Å². The van der Waals surface area contributed by atoms with Crippen molar-refractivity contribution in [3.05, 3.63) is 11.9 Å². The monoisotopic (exact) mass is 270 g/mol. The maximum atomic E-state index is 5.84. The minimum absolute atomic E-state index is 0.593. The number of nitrogen functional groups attached to an aromatic ring is 1. The fourth-order valence-corrected chi connectivity index (χ4v) is 4.40. The molecule has 0 saturated carbocycles. The minimum Gasteiger partial charge on any atom is -0.383 e. The molecule has 17 heavy (non-hydrogen) atoms. The van der Waals surface area contributed by atoms with Gasteiger partial charge in [-0.15, -0.1) is 0 Å². The molecule has 2 rings (SSSR count). The fourth-order valence-electron chi connectivity index (χ4n) is 1.79. The molecule has 1 unspecified atom stereocenters. The maximum absolute atomic E-state index is 5.84. The van der Waals surface area contributed by atoms with E-state index in [1.807, 2.05) is 23.5 Å². The van der Waals surface area contributed by atoms with E-state index in [1.165, 1.54) is 23.6 Å². The van der Waals surface area contributed by atoms with Crippen molar-refractivity contribution in [2.75, 3.05) is 34.9 Å². The van der Waals surface area contributed by atoms with Crippen molar-refractivity contribution in [2.45, 2.75) is 18.6 Å². The van der Waals surface area contributed by atoms with Crippen LogP contribution in [0.1, 0.15) is 12.5 Å². The highest BCUT2D eigenvalue weighted by Gasteiger charge is 2.15. The number of hydrogen-bond acceptors (Lipinski definition) is 6. The number of aromatic nitrogens is 2. The smallest absolute Gasteiger partial charge is 0.134 e. The van der Waals surface area contributed by atoms with Gasteiger partial charge in [0.25, 0.3) is 0 Å². The Balaban J connectivity index is 1.95. The Bertz CT molecular complexity index is 366. The van der Waals surface area contributed by atoms with Crippen LogP contribution in [0.3, 0.4) is 0 Å². The molecule has 1 atom stereocenters. The predicted molar refractivity (Wildman–Crippen MR) is 77.9 cm³/mol. The largest absolute Gasteiger partial charge is 0.383 e. The Labute approximate surface area is 111 Å². The number of nitrogens with zero attached hydrogens (tertiary/aromatic N) is 2. The summed E-state index contributed by atoms with van der Waals surface area (Å²) in [6.45, 7) is 3.03. The third-order valence-corrected chi connectivity index (χ3v) is 5.56. The summed E-state index contributed by atoms with van der Waals surface area (Å²) in [5, 5.41) is 4.09. The van der Waals surface area contributed by atoms with Gasteiger partial charge < -0.3 is 11.1 Å². The molecule has 2 heterocycles. The van der Waals surface area contributed by atoms with Gasteiger partial charge in [-0.1, -0.05) is 6.92 Å². The van der Waals surface area contributed by atoms with Crippen LogP contribution in [0.4, 0.5) is 11.6 Å². The number of rotatable bonds is 4. The Morgan fingerprint density at radius 2 is 2.35 bits per heavy atom. The number of thioether (sulfide) groups is 2. The van der Waals surface area contributed by atoms with Gasteiger partial charge in [-0.25, -0.2) is 9.97 Å². The van der Waals surface area contributed by atoms with E-state index in [2.05, 4.69) is 22.2 Å². The number of nitrogens with two attached hydrogens (primary N) is 1. The van der Waals surface area contributed by atoms with Crippen LogP contribution in [0, 0.1) is 0 Å². The molecule has 0 bridgehead atoms. The summed E-state index contributed by atoms with van der Waals surface area (Å²) in [5.74, 6) is 5.25. The molecule has 4 nitrogen and oxygen atoms in total. The van der Waals surface area contributed by atoms with Crippen LogP contribution in [-0.4, -0.2) is 39.0 Å². The van der Waals surface area contributed by atoms with Gasteiger partial charge in [0.1, 0.15) is 18.0 Å². The summed E-state index contributed by atoms with van der Waals surface area (Å²) < 4.78 is 0. The molecule has 0 spiro atoms. The van der Waals surface area contributed by atoms with Gasteiger partial charge in [-0.05, 0) is 6.42 Å². The summed E-state index contributed by atoms with van der Waals surface area (Å²) in [6.07, 6.45) is 2.39. The summed E-state index contributed by atoms with van der Waals surface area (Å²) >= 11 is 4.08. The first-order valence-electron chi connectivity index (χ1n) is 5.83. The van der Waals surface area contributed by atoms with Crippen molar-refractivity contribution in [3.63, 3.8) is 0 Å². The summed E-state index contributed by atoms with van der Waals surface area (Å²) in [5.41, 5.74) is 6.87. The van der Waals surface area contributed by atoms with Gasteiger partial charge in [0, 0.05) is 34.6 Å². The van der Waals surface area contributed by atoms with Gasteiger partial charge in [-0.2, -0.15) is 23.5 Å². The molecule has 0 amide bonds. The van der Waals surface area contributed by atoms with Gasteiger partial charge >= 0.3 is 0 Å². The van der Waals surface area contributed by atoms with Crippen molar-refractivity contribution in [3.8, 4) is 0 Å². The van der Waals surface area contributed by atoms with Crippen molar-refractivity contribution in [1.82, 2.24) is 9.97 Å². The van der Waals surface area contributed by atoms with Crippen molar-refractivity contribution < 1.29 is 0 Å². The van der Waals surface area contributed by atoms with Crippen LogP contribution in [0.25, 0.3) is 0 Å². The van der Waals surface area contributed by atoms with Crippen LogP contribution >= 0.6 is 23.5 Å². The quantitative estimate of drug-likeness (QED) is 0.871. The second-order valence-electron chi connectivity index (χ2n) is 3.89. The highest BCUT2D eigenvalue weighted by atomic mass is 32.2. The Morgan fingerprint density at radius 1 is 1.47 bits per heavy atom. The summed E-state index contributed by atoms with van der Waals surface area (Å²) in [7, 11) is 0. The average molecular weight is 270 g/mol. The minimum atomic E-state index is 0.593. The van der Waals surface area contributed by atoms with E-state index in [-0.39, 0.29) is 0 Å². The molecular weight excluding hydrogens is 252 g/mol. The Kier molecular flexibility index (Phi) is 4.79. The van der Waals surface area contributed by atoms with Gasteiger partial charge in [0.2, 0.25) is 0 Å². The lowest BCUT2D eigenvalue weighted by atomic mass is 10.2. The zero-order chi connectivity index (χ0) is 12.1. The average Bonchev–Trinajstić information content (AvgIpc) is 2.37. The first kappa shape index (κ1) is 12.8. The van der Waals surface area contributed by atoms with E-state index in [0.717, 1.165) is 24.3 Å². The molecule has 0 aromatic carbocycles. The second-order valence-corrected chi connectivity index (χ2v) is 6.45. The maximum Gasteiger partial charge on any atom is 0.134 e. The molecule has 1 aliphatic rings. The zero-order valence-electron chi connectivity index (χ0n) is 9.98. The third kappa shape index (κ3) is 3.42. The van der Waals surface area contributed by atoms with Crippen molar-refractivity contribution >= 4 is 35.2 Å². The van der Waals surface area contributed by atoms with Crippen LogP contribution in [0.15, 0.2) is 6.33 Å². The molecule has 0 aliphatic carbocycles. The van der Waals surface area contributed by atoms with E-state index in [0.29, 0.717) is 11.1 Å². The van der Waals surface area contributed by atoms with Crippen LogP contribution in [-0.2, 0) is 6.42 Å². The lowest BCUT2D eigenvalue weighted by Crippen LogP contribution is -2.24. The van der Waals surface area contributed by atoms with E-state index in [9.17, 15) is 0 Å². The highest BCUT2D eigenvalue weighted by molar-refractivity contribution is 8.06. The van der Waals surface area contributed by atoms with E-state index < -0.39 is 0 Å². The zero-order valence-corrected chi connectivity index (χ0v) is 11.6. The molecule has 3 N–H and O–H groups in total. The van der Waals surface area contributed by atoms with Crippen LogP contribution in [0.2, 0.25) is 0 Å². The topological polar surface area (TPSA) is 63.8 Å². The first-order chi connectivity index (χ1) is 8.31. The van der Waals surface area contributed by atoms with E-state index >= 15 is 0 Å². The molecule has 94 valence electrons. The molecule has 0 radical (unpaired) electrons. The first-order valence-corrected chi connectivity index (χ1v) is 8.04. The third-order valence-electron chi connectivity index (χ3n) is 2.71. The van der Waals surface area contributed by atoms with Gasteiger partial charge in [0.05, 0.1) is 0 Å². The SMILES string of the molecule is CCc1c(N)ncnc1NCC1CSCCS1. The molecule has 1 aromatic heterocycles. The number of hydrogen-bond donors (Lipinski definition) is 2. The van der Waals surface area contributed by atoms with Crippen molar-refractivity contribution in [1.29, 1.82) is 0 Å². The standard InChI is InChI=1S/C11H18N4S2/c1-2-9-10(12)14-7-15-11(9)13-5-8-6-16-3-4-17-8/h7-8H,2-6H2,1H3,(H3,12,13,14,15). The fraction of sp³-hybridized carbons (Fsp3) is 0.636. The van der Waals surface area contributed by atoms with Crippen molar-refractivity contribution in [2.24, 2.45) is 0 Å². The normalized spacial score (nSPS) is 20.2. The van der Waals surface area contributed by atoms with E-state index in [4.69, 9.17) is 5.73 Å². The molecular formula is C11H18N4S2. The lowest BCUT2D eigenvalue weighted by molar-refractivity contribution is 0.968. The Morgan fingerprint density at radius 3 is 3.06 bits per heavy atom. The van der Waals surface area contributed by atoms with Crippen LogP contribution in [0.5, 0.6) is 0 Å². The lowest BCUT2D eigenvalue weighted by Gasteiger charge is -2.22. The van der Waals surface area contributed by atoms with E-state index in [1.54, 1.807) is 0 Å². The summed E-state index contributed by atoms with van der Waals surface area (Å²) in [6, 6.07) is 0. The molecule has 1 saturated heterocycles. The van der Waals surface area contributed by atoms with Crippen LogP contribution < -0.4 is 11.1 Å². The summed E-state index contributed by atoms with van der Waals surface area (Å²) in [4.78, 5) is 8.30.